The number of amides is 4. The Morgan fingerprint density at radius 1 is 0.804 bits per heavy atom. The van der Waals surface area contributed by atoms with Crippen LogP contribution < -0.4 is 21.3 Å². The lowest BCUT2D eigenvalue weighted by Gasteiger charge is -2.29. The van der Waals surface area contributed by atoms with E-state index in [0.29, 0.717) is 31.7 Å². The van der Waals surface area contributed by atoms with Crippen LogP contribution in [0.25, 0.3) is 0 Å². The number of hydrogen-bond donors (Lipinski definition) is 5. The van der Waals surface area contributed by atoms with E-state index in [1.807, 2.05) is 95.3 Å². The molecule has 0 aromatic heterocycles. The molecular weight excluding hydrogens is 584 g/mol. The van der Waals surface area contributed by atoms with Crippen LogP contribution in [0, 0.1) is 11.8 Å². The number of aliphatic hydroxyl groups excluding tert-OH is 1. The summed E-state index contributed by atoms with van der Waals surface area (Å²) in [6.07, 6.45) is 1.41. The van der Waals surface area contributed by atoms with E-state index in [4.69, 9.17) is 4.74 Å². The highest BCUT2D eigenvalue weighted by Crippen LogP contribution is 2.13. The number of rotatable bonds is 20. The number of carbonyl (C=O) groups excluding carboxylic acids is 4. The number of alkyl carbamates (subject to hydrolysis) is 1. The first-order valence-electron chi connectivity index (χ1n) is 16.6. The first-order chi connectivity index (χ1) is 22.0. The summed E-state index contributed by atoms with van der Waals surface area (Å²) in [6.45, 7) is 10.6. The predicted molar refractivity (Wildman–Crippen MR) is 180 cm³/mol. The standard InChI is InChI=1S/C36H54N4O6/c1-6-8-19-29(34(43)39-30(20-25(3)4)32(41)22-33(42)37-23-26(5)7-2)38-35(44)31(21-27-15-11-9-12-16-27)40-36(45)46-24-28-17-13-10-14-18-28/h9-18,25-26,29-32,41H,6-8,19-24H2,1-5H3,(H,37,42)(H,38,44)(H,39,43)(H,40,45)/t26?,29-,30-,31-,32-/m0/s1. The van der Waals surface area contributed by atoms with Gasteiger partial charge in [0.2, 0.25) is 17.7 Å². The zero-order valence-corrected chi connectivity index (χ0v) is 28.1. The zero-order valence-electron chi connectivity index (χ0n) is 28.1. The molecule has 1 unspecified atom stereocenters. The summed E-state index contributed by atoms with van der Waals surface area (Å²) in [7, 11) is 0. The SMILES string of the molecule is CCCC[C@H](NC(=O)[C@H](Cc1ccccc1)NC(=O)OCc1ccccc1)C(=O)N[C@@H](CC(C)C)[C@@H](O)CC(=O)NCC(C)CC. The minimum Gasteiger partial charge on any atom is -0.445 e. The van der Waals surface area contributed by atoms with Gasteiger partial charge in [-0.1, -0.05) is 115 Å². The van der Waals surface area contributed by atoms with Crippen LogP contribution in [0.3, 0.4) is 0 Å². The number of nitrogens with one attached hydrogen (secondary N) is 4. The molecule has 0 aliphatic carbocycles. The molecule has 10 heteroatoms. The summed E-state index contributed by atoms with van der Waals surface area (Å²) in [4.78, 5) is 52.6. The number of aliphatic hydroxyl groups is 1. The quantitative estimate of drug-likeness (QED) is 0.143. The van der Waals surface area contributed by atoms with Crippen LogP contribution in [0.1, 0.15) is 84.3 Å². The molecule has 0 spiro atoms. The maximum Gasteiger partial charge on any atom is 0.408 e. The van der Waals surface area contributed by atoms with Crippen molar-refractivity contribution in [2.75, 3.05) is 6.54 Å². The van der Waals surface area contributed by atoms with Crippen LogP contribution in [0.15, 0.2) is 60.7 Å². The van der Waals surface area contributed by atoms with Crippen molar-refractivity contribution in [1.29, 1.82) is 0 Å². The summed E-state index contributed by atoms with van der Waals surface area (Å²) in [5.41, 5.74) is 1.64. The van der Waals surface area contributed by atoms with Crippen molar-refractivity contribution in [1.82, 2.24) is 21.3 Å². The zero-order chi connectivity index (χ0) is 33.9. The lowest BCUT2D eigenvalue weighted by Crippen LogP contribution is -2.57. The lowest BCUT2D eigenvalue weighted by molar-refractivity contribution is -0.131. The smallest absolute Gasteiger partial charge is 0.408 e. The van der Waals surface area contributed by atoms with Crippen LogP contribution in [-0.4, -0.2) is 59.7 Å². The van der Waals surface area contributed by atoms with Gasteiger partial charge in [-0.15, -0.1) is 0 Å². The van der Waals surface area contributed by atoms with Crippen LogP contribution >= 0.6 is 0 Å². The average molecular weight is 639 g/mol. The van der Waals surface area contributed by atoms with E-state index in [-0.39, 0.29) is 31.3 Å². The van der Waals surface area contributed by atoms with Gasteiger partial charge in [-0.05, 0) is 35.8 Å². The van der Waals surface area contributed by atoms with Gasteiger partial charge in [0.05, 0.1) is 18.6 Å². The van der Waals surface area contributed by atoms with Crippen molar-refractivity contribution in [2.24, 2.45) is 11.8 Å². The number of ether oxygens (including phenoxy) is 1. The highest BCUT2D eigenvalue weighted by molar-refractivity contribution is 5.91. The van der Waals surface area contributed by atoms with E-state index < -0.39 is 42.1 Å². The molecule has 0 radical (unpaired) electrons. The highest BCUT2D eigenvalue weighted by Gasteiger charge is 2.31. The van der Waals surface area contributed by atoms with Crippen molar-refractivity contribution in [3.05, 3.63) is 71.8 Å². The van der Waals surface area contributed by atoms with E-state index in [2.05, 4.69) is 21.3 Å². The first kappa shape index (κ1) is 38.3. The van der Waals surface area contributed by atoms with Gasteiger partial charge >= 0.3 is 6.09 Å². The molecule has 254 valence electrons. The van der Waals surface area contributed by atoms with E-state index in [9.17, 15) is 24.3 Å². The average Bonchev–Trinajstić information content (AvgIpc) is 3.04. The normalized spacial score (nSPS) is 14.3. The Morgan fingerprint density at radius 2 is 1.41 bits per heavy atom. The van der Waals surface area contributed by atoms with Crippen molar-refractivity contribution in [3.63, 3.8) is 0 Å². The van der Waals surface area contributed by atoms with Gasteiger partial charge in [-0.3, -0.25) is 14.4 Å². The highest BCUT2D eigenvalue weighted by atomic mass is 16.5. The first-order valence-corrected chi connectivity index (χ1v) is 16.6. The molecule has 5 atom stereocenters. The number of unbranched alkanes of at least 4 members (excludes halogenated alkanes) is 1. The maximum atomic E-state index is 13.7. The van der Waals surface area contributed by atoms with Crippen molar-refractivity contribution < 1.29 is 29.0 Å². The molecule has 46 heavy (non-hydrogen) atoms. The molecular formula is C36H54N4O6. The molecule has 5 N–H and O–H groups in total. The third-order valence-corrected chi connectivity index (χ3v) is 7.84. The largest absolute Gasteiger partial charge is 0.445 e. The topological polar surface area (TPSA) is 146 Å². The Morgan fingerprint density at radius 3 is 2.00 bits per heavy atom. The number of benzene rings is 2. The van der Waals surface area contributed by atoms with Gasteiger partial charge in [0, 0.05) is 13.0 Å². The minimum absolute atomic E-state index is 0.0447. The fourth-order valence-electron chi connectivity index (χ4n) is 4.86. The van der Waals surface area contributed by atoms with E-state index >= 15 is 0 Å². The van der Waals surface area contributed by atoms with Gasteiger partial charge in [0.1, 0.15) is 18.7 Å². The monoisotopic (exact) mass is 638 g/mol. The molecule has 0 heterocycles. The summed E-state index contributed by atoms with van der Waals surface area (Å²) in [6, 6.07) is 15.9. The third kappa shape index (κ3) is 14.9. The summed E-state index contributed by atoms with van der Waals surface area (Å²) in [5.74, 6) is -0.798. The second kappa shape index (κ2) is 21.0. The van der Waals surface area contributed by atoms with Crippen molar-refractivity contribution in [3.8, 4) is 0 Å². The van der Waals surface area contributed by atoms with E-state index in [1.54, 1.807) is 0 Å². The second-order valence-corrected chi connectivity index (χ2v) is 12.5. The van der Waals surface area contributed by atoms with Crippen LogP contribution in [0.2, 0.25) is 0 Å². The summed E-state index contributed by atoms with van der Waals surface area (Å²) < 4.78 is 5.38. The van der Waals surface area contributed by atoms with E-state index in [1.165, 1.54) is 0 Å². The van der Waals surface area contributed by atoms with Gasteiger partial charge in [0.25, 0.3) is 0 Å². The molecule has 0 bridgehead atoms. The number of carbonyl (C=O) groups is 4. The Balaban J connectivity index is 2.15. The second-order valence-electron chi connectivity index (χ2n) is 12.5. The van der Waals surface area contributed by atoms with Gasteiger partial charge in [-0.25, -0.2) is 4.79 Å². The predicted octanol–water partition coefficient (Wildman–Crippen LogP) is 4.64. The van der Waals surface area contributed by atoms with E-state index in [0.717, 1.165) is 24.0 Å². The maximum absolute atomic E-state index is 13.7. The fourth-order valence-corrected chi connectivity index (χ4v) is 4.86. The molecule has 2 aromatic rings. The molecule has 0 aliphatic heterocycles. The number of hydrogen-bond acceptors (Lipinski definition) is 6. The third-order valence-electron chi connectivity index (χ3n) is 7.84. The Bertz CT molecular complexity index is 1190. The van der Waals surface area contributed by atoms with Crippen molar-refractivity contribution in [2.45, 2.75) is 110 Å². The van der Waals surface area contributed by atoms with Gasteiger partial charge in [0.15, 0.2) is 0 Å². The molecule has 2 rings (SSSR count). The lowest BCUT2D eigenvalue weighted by atomic mass is 9.96. The molecule has 0 aliphatic rings. The Labute approximate surface area is 274 Å². The van der Waals surface area contributed by atoms with Crippen LogP contribution in [-0.2, 0) is 32.1 Å². The summed E-state index contributed by atoms with van der Waals surface area (Å²) in [5, 5.41) is 22.3. The fraction of sp³-hybridized carbons (Fsp3) is 0.556. The van der Waals surface area contributed by atoms with Gasteiger partial charge in [-0.2, -0.15) is 0 Å². The molecule has 2 aromatic carbocycles. The van der Waals surface area contributed by atoms with Gasteiger partial charge < -0.3 is 31.1 Å². The molecule has 0 saturated heterocycles. The van der Waals surface area contributed by atoms with Crippen molar-refractivity contribution >= 4 is 23.8 Å². The molecule has 0 fully saturated rings. The molecule has 10 nitrogen and oxygen atoms in total. The minimum atomic E-state index is -1.10. The molecule has 4 amide bonds. The summed E-state index contributed by atoms with van der Waals surface area (Å²) >= 11 is 0. The Kier molecular flexibility index (Phi) is 17.5. The van der Waals surface area contributed by atoms with Crippen LogP contribution in [0.4, 0.5) is 4.79 Å². The molecule has 0 saturated carbocycles. The van der Waals surface area contributed by atoms with Crippen LogP contribution in [0.5, 0.6) is 0 Å². The Hall–Kier alpha value is -3.92.